The zero-order valence-corrected chi connectivity index (χ0v) is 14.1. The molecule has 3 rings (SSSR count). The number of anilines is 2. The predicted octanol–water partition coefficient (Wildman–Crippen LogP) is 0.767. The number of nitrogens with zero attached hydrogens (tertiary/aromatic N) is 5. The minimum Gasteiger partial charge on any atom is -0.378 e. The second kappa shape index (κ2) is 7.62. The fraction of sp³-hybridized carbons (Fsp3) is 0.647. The van der Waals surface area contributed by atoms with E-state index in [0.717, 1.165) is 76.5 Å². The lowest BCUT2D eigenvalue weighted by atomic mass is 10.3. The van der Waals surface area contributed by atoms with Crippen molar-refractivity contribution in [1.82, 2.24) is 14.9 Å². The third-order valence-electron chi connectivity index (χ3n) is 4.32. The third-order valence-corrected chi connectivity index (χ3v) is 4.32. The highest BCUT2D eigenvalue weighted by atomic mass is 16.5. The van der Waals surface area contributed by atoms with E-state index in [1.54, 1.807) is 0 Å². The number of aryl methyl sites for hydroxylation is 1. The second-order valence-electron chi connectivity index (χ2n) is 5.92. The van der Waals surface area contributed by atoms with Gasteiger partial charge in [-0.1, -0.05) is 5.92 Å². The summed E-state index contributed by atoms with van der Waals surface area (Å²) in [6.07, 6.45) is 0. The van der Waals surface area contributed by atoms with Gasteiger partial charge in [-0.3, -0.25) is 4.90 Å². The van der Waals surface area contributed by atoms with Gasteiger partial charge in [-0.2, -0.15) is 0 Å². The molecule has 0 aromatic carbocycles. The van der Waals surface area contributed by atoms with E-state index < -0.39 is 0 Å². The number of ether oxygens (including phenoxy) is 1. The van der Waals surface area contributed by atoms with Gasteiger partial charge in [0.25, 0.3) is 0 Å². The van der Waals surface area contributed by atoms with Gasteiger partial charge < -0.3 is 14.5 Å². The molecule has 124 valence electrons. The van der Waals surface area contributed by atoms with Crippen LogP contribution < -0.4 is 9.80 Å². The van der Waals surface area contributed by atoms with Gasteiger partial charge >= 0.3 is 0 Å². The van der Waals surface area contributed by atoms with Gasteiger partial charge in [0.2, 0.25) is 0 Å². The maximum absolute atomic E-state index is 5.43. The first-order valence-corrected chi connectivity index (χ1v) is 8.31. The van der Waals surface area contributed by atoms with Crippen molar-refractivity contribution in [3.63, 3.8) is 0 Å². The van der Waals surface area contributed by atoms with Gasteiger partial charge in [-0.15, -0.1) is 5.92 Å². The summed E-state index contributed by atoms with van der Waals surface area (Å²) in [5.74, 6) is 9.02. The summed E-state index contributed by atoms with van der Waals surface area (Å²) in [7, 11) is 0. The highest BCUT2D eigenvalue weighted by Crippen LogP contribution is 2.21. The van der Waals surface area contributed by atoms with Gasteiger partial charge in [0.15, 0.2) is 0 Å². The molecule has 0 unspecified atom stereocenters. The third kappa shape index (κ3) is 4.12. The van der Waals surface area contributed by atoms with E-state index in [1.807, 2.05) is 13.8 Å². The molecule has 0 aliphatic carbocycles. The average molecular weight is 315 g/mol. The van der Waals surface area contributed by atoms with E-state index in [9.17, 15) is 0 Å². The quantitative estimate of drug-likeness (QED) is 0.768. The van der Waals surface area contributed by atoms with E-state index in [0.29, 0.717) is 0 Å². The first-order chi connectivity index (χ1) is 11.3. The van der Waals surface area contributed by atoms with Crippen molar-refractivity contribution in [3.8, 4) is 11.8 Å². The first kappa shape index (κ1) is 16.0. The summed E-state index contributed by atoms with van der Waals surface area (Å²) in [4.78, 5) is 16.3. The normalized spacial score (nSPS) is 19.4. The van der Waals surface area contributed by atoms with Crippen molar-refractivity contribution in [1.29, 1.82) is 0 Å². The highest BCUT2D eigenvalue weighted by molar-refractivity contribution is 5.51. The fourth-order valence-electron chi connectivity index (χ4n) is 2.98. The molecule has 0 bridgehead atoms. The van der Waals surface area contributed by atoms with Gasteiger partial charge in [-0.25, -0.2) is 9.97 Å². The predicted molar refractivity (Wildman–Crippen MR) is 91.9 cm³/mol. The van der Waals surface area contributed by atoms with Crippen molar-refractivity contribution in [3.05, 3.63) is 11.9 Å². The largest absolute Gasteiger partial charge is 0.378 e. The Morgan fingerprint density at radius 2 is 1.61 bits per heavy atom. The molecule has 1 aromatic heterocycles. The van der Waals surface area contributed by atoms with Gasteiger partial charge in [0.05, 0.1) is 19.8 Å². The van der Waals surface area contributed by atoms with Crippen LogP contribution in [0.2, 0.25) is 0 Å². The zero-order chi connectivity index (χ0) is 16.1. The van der Waals surface area contributed by atoms with E-state index in [4.69, 9.17) is 4.74 Å². The van der Waals surface area contributed by atoms with E-state index in [1.165, 1.54) is 0 Å². The monoisotopic (exact) mass is 315 g/mol. The van der Waals surface area contributed by atoms with Gasteiger partial charge in [0, 0.05) is 45.3 Å². The van der Waals surface area contributed by atoms with Crippen LogP contribution in [0.25, 0.3) is 0 Å². The Morgan fingerprint density at radius 1 is 1.00 bits per heavy atom. The number of piperazine rings is 1. The number of morpholine rings is 1. The zero-order valence-electron chi connectivity index (χ0n) is 14.1. The SMILES string of the molecule is CC#CCN1CCN(c2cc(N3CCOCC3)nc(C)n2)CC1. The Bertz CT molecular complexity index is 580. The van der Waals surface area contributed by atoms with Gasteiger partial charge in [-0.05, 0) is 13.8 Å². The molecule has 0 radical (unpaired) electrons. The number of rotatable bonds is 3. The smallest absolute Gasteiger partial charge is 0.134 e. The minimum absolute atomic E-state index is 0.773. The summed E-state index contributed by atoms with van der Waals surface area (Å²) in [6.45, 7) is 12.1. The molecule has 0 spiro atoms. The molecule has 0 saturated carbocycles. The molecule has 6 nitrogen and oxygen atoms in total. The fourth-order valence-corrected chi connectivity index (χ4v) is 2.98. The Hall–Kier alpha value is -1.84. The first-order valence-electron chi connectivity index (χ1n) is 8.31. The molecule has 2 aliphatic rings. The van der Waals surface area contributed by atoms with Crippen LogP contribution in [0.15, 0.2) is 6.07 Å². The van der Waals surface area contributed by atoms with Crippen molar-refractivity contribution < 1.29 is 4.74 Å². The molecule has 0 atom stereocenters. The van der Waals surface area contributed by atoms with Crippen molar-refractivity contribution in [2.75, 3.05) is 68.8 Å². The molecule has 2 saturated heterocycles. The topological polar surface area (TPSA) is 44.7 Å². The van der Waals surface area contributed by atoms with Crippen LogP contribution in [0, 0.1) is 18.8 Å². The van der Waals surface area contributed by atoms with Crippen molar-refractivity contribution >= 4 is 11.6 Å². The van der Waals surface area contributed by atoms with Crippen LogP contribution in [-0.2, 0) is 4.74 Å². The Labute approximate surface area is 138 Å². The van der Waals surface area contributed by atoms with E-state index in [2.05, 4.69) is 42.6 Å². The summed E-state index contributed by atoms with van der Waals surface area (Å²) >= 11 is 0. The molecular weight excluding hydrogens is 290 g/mol. The molecule has 1 aromatic rings. The molecule has 6 heteroatoms. The van der Waals surface area contributed by atoms with E-state index >= 15 is 0 Å². The highest BCUT2D eigenvalue weighted by Gasteiger charge is 2.20. The average Bonchev–Trinajstić information content (AvgIpc) is 2.60. The Kier molecular flexibility index (Phi) is 5.31. The molecule has 2 aliphatic heterocycles. The lowest BCUT2D eigenvalue weighted by Gasteiger charge is -2.35. The van der Waals surface area contributed by atoms with Crippen molar-refractivity contribution in [2.24, 2.45) is 0 Å². The number of aromatic nitrogens is 2. The summed E-state index contributed by atoms with van der Waals surface area (Å²) < 4.78 is 5.43. The van der Waals surface area contributed by atoms with Crippen LogP contribution in [0.4, 0.5) is 11.6 Å². The summed E-state index contributed by atoms with van der Waals surface area (Å²) in [5.41, 5.74) is 0. The number of hydrogen-bond acceptors (Lipinski definition) is 6. The summed E-state index contributed by atoms with van der Waals surface area (Å²) in [5, 5.41) is 0. The molecule has 0 N–H and O–H groups in total. The van der Waals surface area contributed by atoms with Crippen LogP contribution in [0.1, 0.15) is 12.7 Å². The maximum Gasteiger partial charge on any atom is 0.134 e. The lowest BCUT2D eigenvalue weighted by Crippen LogP contribution is -2.47. The van der Waals surface area contributed by atoms with Crippen LogP contribution >= 0.6 is 0 Å². The molecule has 23 heavy (non-hydrogen) atoms. The molecule has 0 amide bonds. The minimum atomic E-state index is 0.773. The van der Waals surface area contributed by atoms with Crippen molar-refractivity contribution in [2.45, 2.75) is 13.8 Å². The number of hydrogen-bond donors (Lipinski definition) is 0. The Balaban J connectivity index is 1.68. The standard InChI is InChI=1S/C17H25N5O/c1-3-4-5-20-6-8-21(9-7-20)16-14-17(19-15(2)18-16)22-10-12-23-13-11-22/h14H,5-13H2,1-2H3. The summed E-state index contributed by atoms with van der Waals surface area (Å²) in [6, 6.07) is 2.12. The van der Waals surface area contributed by atoms with E-state index in [-0.39, 0.29) is 0 Å². The van der Waals surface area contributed by atoms with Crippen LogP contribution in [0.3, 0.4) is 0 Å². The lowest BCUT2D eigenvalue weighted by molar-refractivity contribution is 0.122. The second-order valence-corrected chi connectivity index (χ2v) is 5.92. The maximum atomic E-state index is 5.43. The van der Waals surface area contributed by atoms with Crippen LogP contribution in [0.5, 0.6) is 0 Å². The van der Waals surface area contributed by atoms with Crippen LogP contribution in [-0.4, -0.2) is 73.9 Å². The Morgan fingerprint density at radius 3 is 2.22 bits per heavy atom. The molecular formula is C17H25N5O. The molecule has 3 heterocycles. The molecule has 2 fully saturated rings. The van der Waals surface area contributed by atoms with Gasteiger partial charge in [0.1, 0.15) is 17.5 Å².